The molecule has 0 bridgehead atoms. The number of aryl methyl sites for hydroxylation is 1. The van der Waals surface area contributed by atoms with Gasteiger partial charge in [0.05, 0.1) is 0 Å². The highest BCUT2D eigenvalue weighted by Gasteiger charge is 1.98. The third-order valence-corrected chi connectivity index (χ3v) is 2.87. The molecule has 0 radical (unpaired) electrons. The maximum absolute atomic E-state index is 12.7. The zero-order valence-electron chi connectivity index (χ0n) is 10.7. The Kier molecular flexibility index (Phi) is 4.93. The molecule has 3 heteroatoms. The van der Waals surface area contributed by atoms with Crippen LogP contribution in [0, 0.1) is 5.82 Å². The fourth-order valence-corrected chi connectivity index (χ4v) is 1.78. The fraction of sp³-hybridized carbons (Fsp3) is 0.250. The highest BCUT2D eigenvalue weighted by atomic mass is 19.1. The minimum absolute atomic E-state index is 0.211. The van der Waals surface area contributed by atoms with Crippen molar-refractivity contribution in [3.05, 3.63) is 65.5 Å². The van der Waals surface area contributed by atoms with E-state index in [9.17, 15) is 4.39 Å². The topological polar surface area (TPSA) is 29.5 Å². The van der Waals surface area contributed by atoms with E-state index in [0.29, 0.717) is 6.61 Å². The molecule has 0 aliphatic rings. The van der Waals surface area contributed by atoms with E-state index in [1.807, 2.05) is 24.3 Å². The average Bonchev–Trinajstić information content (AvgIpc) is 2.46. The van der Waals surface area contributed by atoms with Gasteiger partial charge < -0.3 is 9.84 Å². The molecular formula is C16H17FO2. The Morgan fingerprint density at radius 2 is 1.53 bits per heavy atom. The largest absolute Gasteiger partial charge is 0.489 e. The van der Waals surface area contributed by atoms with Crippen LogP contribution in [0.15, 0.2) is 48.5 Å². The summed E-state index contributed by atoms with van der Waals surface area (Å²) < 4.78 is 18.4. The first-order valence-electron chi connectivity index (χ1n) is 6.35. The van der Waals surface area contributed by atoms with Crippen LogP contribution in [-0.2, 0) is 13.0 Å². The summed E-state index contributed by atoms with van der Waals surface area (Å²) in [5, 5.41) is 8.76. The summed E-state index contributed by atoms with van der Waals surface area (Å²) in [5.74, 6) is 0.550. The molecule has 2 aromatic carbocycles. The summed E-state index contributed by atoms with van der Waals surface area (Å²) >= 11 is 0. The molecule has 2 aromatic rings. The number of aliphatic hydroxyl groups is 1. The number of ether oxygens (including phenoxy) is 1. The lowest BCUT2D eigenvalue weighted by atomic mass is 10.1. The second-order valence-corrected chi connectivity index (χ2v) is 4.39. The van der Waals surface area contributed by atoms with Gasteiger partial charge in [0.2, 0.25) is 0 Å². The standard InChI is InChI=1S/C16H17FO2/c17-15-7-3-14(4-8-15)12-19-16-9-5-13(6-10-16)2-1-11-18/h3-10,18H,1-2,11-12H2. The molecule has 19 heavy (non-hydrogen) atoms. The van der Waals surface area contributed by atoms with E-state index in [1.54, 1.807) is 12.1 Å². The first-order valence-corrected chi connectivity index (χ1v) is 6.35. The Bertz CT molecular complexity index is 491. The van der Waals surface area contributed by atoms with Crippen molar-refractivity contribution in [3.63, 3.8) is 0 Å². The second kappa shape index (κ2) is 6.90. The van der Waals surface area contributed by atoms with Gasteiger partial charge in [-0.1, -0.05) is 24.3 Å². The molecule has 0 aromatic heterocycles. The minimum atomic E-state index is -0.239. The van der Waals surface area contributed by atoms with Crippen molar-refractivity contribution in [1.82, 2.24) is 0 Å². The predicted octanol–water partition coefficient (Wildman–Crippen LogP) is 3.33. The van der Waals surface area contributed by atoms with Gasteiger partial charge in [0, 0.05) is 6.61 Å². The number of hydrogen-bond donors (Lipinski definition) is 1. The third kappa shape index (κ3) is 4.38. The maximum atomic E-state index is 12.7. The van der Waals surface area contributed by atoms with Crippen LogP contribution >= 0.6 is 0 Å². The number of benzene rings is 2. The van der Waals surface area contributed by atoms with Gasteiger partial charge in [0.25, 0.3) is 0 Å². The maximum Gasteiger partial charge on any atom is 0.123 e. The monoisotopic (exact) mass is 260 g/mol. The van der Waals surface area contributed by atoms with Crippen LogP contribution < -0.4 is 4.74 Å². The molecule has 0 unspecified atom stereocenters. The zero-order chi connectivity index (χ0) is 13.5. The lowest BCUT2D eigenvalue weighted by Gasteiger charge is -2.07. The molecule has 0 amide bonds. The Hall–Kier alpha value is -1.87. The first-order chi connectivity index (χ1) is 9.28. The van der Waals surface area contributed by atoms with E-state index in [-0.39, 0.29) is 12.4 Å². The van der Waals surface area contributed by atoms with Gasteiger partial charge in [-0.25, -0.2) is 4.39 Å². The second-order valence-electron chi connectivity index (χ2n) is 4.39. The molecule has 0 saturated heterocycles. The number of halogens is 1. The fourth-order valence-electron chi connectivity index (χ4n) is 1.78. The van der Waals surface area contributed by atoms with Gasteiger partial charge in [-0.15, -0.1) is 0 Å². The number of rotatable bonds is 6. The predicted molar refractivity (Wildman–Crippen MR) is 72.6 cm³/mol. The van der Waals surface area contributed by atoms with E-state index >= 15 is 0 Å². The van der Waals surface area contributed by atoms with Crippen molar-refractivity contribution < 1.29 is 14.2 Å². The first kappa shape index (κ1) is 13.6. The highest BCUT2D eigenvalue weighted by molar-refractivity contribution is 5.28. The van der Waals surface area contributed by atoms with Crippen LogP contribution in [0.5, 0.6) is 5.75 Å². The molecule has 2 nitrogen and oxygen atoms in total. The van der Waals surface area contributed by atoms with Crippen LogP contribution in [0.2, 0.25) is 0 Å². The van der Waals surface area contributed by atoms with Gasteiger partial charge >= 0.3 is 0 Å². The Labute approximate surface area is 112 Å². The highest BCUT2D eigenvalue weighted by Crippen LogP contribution is 2.15. The minimum Gasteiger partial charge on any atom is -0.489 e. The molecular weight excluding hydrogens is 243 g/mol. The summed E-state index contributed by atoms with van der Waals surface area (Å²) in [7, 11) is 0. The Morgan fingerprint density at radius 1 is 0.895 bits per heavy atom. The van der Waals surface area contributed by atoms with Crippen LogP contribution in [0.4, 0.5) is 4.39 Å². The van der Waals surface area contributed by atoms with Crippen LogP contribution in [0.1, 0.15) is 17.5 Å². The van der Waals surface area contributed by atoms with E-state index in [4.69, 9.17) is 9.84 Å². The molecule has 1 N–H and O–H groups in total. The summed E-state index contributed by atoms with van der Waals surface area (Å²) in [6.07, 6.45) is 1.64. The molecule has 2 rings (SSSR count). The van der Waals surface area contributed by atoms with E-state index in [2.05, 4.69) is 0 Å². The summed E-state index contributed by atoms with van der Waals surface area (Å²) in [6, 6.07) is 14.1. The van der Waals surface area contributed by atoms with Crippen molar-refractivity contribution >= 4 is 0 Å². The molecule has 0 saturated carbocycles. The number of hydrogen-bond acceptors (Lipinski definition) is 2. The Morgan fingerprint density at radius 3 is 2.16 bits per heavy atom. The van der Waals surface area contributed by atoms with E-state index in [0.717, 1.165) is 24.2 Å². The van der Waals surface area contributed by atoms with Crippen LogP contribution in [0.3, 0.4) is 0 Å². The SMILES string of the molecule is OCCCc1ccc(OCc2ccc(F)cc2)cc1. The number of aliphatic hydroxyl groups excluding tert-OH is 1. The summed E-state index contributed by atoms with van der Waals surface area (Å²) in [4.78, 5) is 0. The quantitative estimate of drug-likeness (QED) is 0.863. The van der Waals surface area contributed by atoms with Gasteiger partial charge in [-0.05, 0) is 48.2 Å². The molecule has 0 aliphatic heterocycles. The van der Waals surface area contributed by atoms with Crippen molar-refractivity contribution in [1.29, 1.82) is 0 Å². The van der Waals surface area contributed by atoms with Crippen molar-refractivity contribution in [2.45, 2.75) is 19.4 Å². The van der Waals surface area contributed by atoms with Gasteiger partial charge in [0.1, 0.15) is 18.2 Å². The third-order valence-electron chi connectivity index (χ3n) is 2.87. The summed E-state index contributed by atoms with van der Waals surface area (Å²) in [6.45, 7) is 0.638. The van der Waals surface area contributed by atoms with Crippen molar-refractivity contribution in [3.8, 4) is 5.75 Å². The Balaban J connectivity index is 1.87. The van der Waals surface area contributed by atoms with Crippen molar-refractivity contribution in [2.75, 3.05) is 6.61 Å². The van der Waals surface area contributed by atoms with Crippen LogP contribution in [-0.4, -0.2) is 11.7 Å². The molecule has 0 spiro atoms. The van der Waals surface area contributed by atoms with Gasteiger partial charge in [0.15, 0.2) is 0 Å². The van der Waals surface area contributed by atoms with Gasteiger partial charge in [-0.3, -0.25) is 0 Å². The molecule has 0 heterocycles. The normalized spacial score (nSPS) is 10.4. The van der Waals surface area contributed by atoms with Crippen LogP contribution in [0.25, 0.3) is 0 Å². The molecule has 0 aliphatic carbocycles. The molecule has 0 atom stereocenters. The van der Waals surface area contributed by atoms with Gasteiger partial charge in [-0.2, -0.15) is 0 Å². The lowest BCUT2D eigenvalue weighted by Crippen LogP contribution is -1.96. The van der Waals surface area contributed by atoms with E-state index in [1.165, 1.54) is 17.7 Å². The smallest absolute Gasteiger partial charge is 0.123 e. The zero-order valence-corrected chi connectivity index (χ0v) is 10.7. The van der Waals surface area contributed by atoms with E-state index < -0.39 is 0 Å². The molecule has 0 fully saturated rings. The average molecular weight is 260 g/mol. The lowest BCUT2D eigenvalue weighted by molar-refractivity contribution is 0.288. The summed E-state index contributed by atoms with van der Waals surface area (Å²) in [5.41, 5.74) is 2.12. The van der Waals surface area contributed by atoms with Crippen molar-refractivity contribution in [2.24, 2.45) is 0 Å². The molecule has 100 valence electrons.